The van der Waals surface area contributed by atoms with Crippen LogP contribution in [0, 0.1) is 0 Å². The van der Waals surface area contributed by atoms with E-state index in [1.54, 1.807) is 12.1 Å². The Labute approximate surface area is 194 Å². The van der Waals surface area contributed by atoms with Crippen LogP contribution in [0.2, 0.25) is 0 Å². The van der Waals surface area contributed by atoms with Gasteiger partial charge in [-0.25, -0.2) is 0 Å². The number of hydrogen-bond donors (Lipinski definition) is 2. The third-order valence-corrected chi connectivity index (χ3v) is 5.63. The first-order valence-electron chi connectivity index (χ1n) is 10.8. The van der Waals surface area contributed by atoms with Gasteiger partial charge in [0.05, 0.1) is 20.3 Å². The van der Waals surface area contributed by atoms with Crippen LogP contribution in [-0.4, -0.2) is 82.2 Å². The molecule has 3 N–H and O–H groups in total. The second-order valence-corrected chi connectivity index (χ2v) is 8.01. The number of primary amides is 1. The van der Waals surface area contributed by atoms with Crippen molar-refractivity contribution in [3.63, 3.8) is 0 Å². The Kier molecular flexibility index (Phi) is 8.51. The molecule has 0 aliphatic carbocycles. The summed E-state index contributed by atoms with van der Waals surface area (Å²) in [4.78, 5) is 29.1. The molecule has 9 heteroatoms. The summed E-state index contributed by atoms with van der Waals surface area (Å²) in [5.74, 6) is -0.133. The molecule has 1 unspecified atom stereocenters. The van der Waals surface area contributed by atoms with Gasteiger partial charge in [0.2, 0.25) is 5.75 Å². The number of nitrogens with two attached hydrogens (primary N) is 1. The molecule has 2 aromatic rings. The first-order chi connectivity index (χ1) is 15.9. The molecule has 0 spiro atoms. The molecule has 33 heavy (non-hydrogen) atoms. The van der Waals surface area contributed by atoms with Crippen molar-refractivity contribution in [2.24, 2.45) is 5.73 Å². The average molecular weight is 457 g/mol. The number of methoxy groups -OCH3 is 2. The molecule has 3 rings (SSSR count). The van der Waals surface area contributed by atoms with Crippen molar-refractivity contribution in [1.29, 1.82) is 0 Å². The zero-order valence-corrected chi connectivity index (χ0v) is 19.4. The lowest BCUT2D eigenvalue weighted by Gasteiger charge is -2.35. The van der Waals surface area contributed by atoms with Crippen LogP contribution in [0.25, 0.3) is 0 Å². The van der Waals surface area contributed by atoms with E-state index < -0.39 is 5.91 Å². The van der Waals surface area contributed by atoms with Gasteiger partial charge in [0, 0.05) is 38.3 Å². The number of carbonyl (C=O) groups excluding carboxylic acids is 2. The van der Waals surface area contributed by atoms with Crippen molar-refractivity contribution in [2.45, 2.75) is 6.04 Å². The standard InChI is InChI=1S/C24H32N4O5/c1-27-9-11-28(12-10-27)15-19(17-7-5-4-6-8-17)26-24(30)18-13-20(31-2)23(21(14-18)32-3)33-16-22(25)29/h4-8,13-14,19H,9-12,15-16H2,1-3H3,(H2,25,29)(H,26,30). The monoisotopic (exact) mass is 456 g/mol. The number of rotatable bonds is 10. The molecule has 2 amide bonds. The van der Waals surface area contributed by atoms with Gasteiger partial charge in [-0.3, -0.25) is 14.5 Å². The summed E-state index contributed by atoms with van der Waals surface area (Å²) in [6, 6.07) is 12.9. The van der Waals surface area contributed by atoms with E-state index >= 15 is 0 Å². The molecule has 1 saturated heterocycles. The molecule has 1 atom stereocenters. The zero-order valence-electron chi connectivity index (χ0n) is 19.4. The van der Waals surface area contributed by atoms with E-state index in [0.29, 0.717) is 12.1 Å². The van der Waals surface area contributed by atoms with Crippen molar-refractivity contribution in [3.8, 4) is 17.2 Å². The van der Waals surface area contributed by atoms with Crippen LogP contribution >= 0.6 is 0 Å². The lowest BCUT2D eigenvalue weighted by atomic mass is 10.0. The molecule has 0 saturated carbocycles. The van der Waals surface area contributed by atoms with Gasteiger partial charge in [-0.2, -0.15) is 0 Å². The minimum Gasteiger partial charge on any atom is -0.493 e. The highest BCUT2D eigenvalue weighted by molar-refractivity contribution is 5.96. The number of nitrogens with zero attached hydrogens (tertiary/aromatic N) is 2. The number of carbonyl (C=O) groups is 2. The summed E-state index contributed by atoms with van der Waals surface area (Å²) in [5, 5.41) is 3.16. The highest BCUT2D eigenvalue weighted by Crippen LogP contribution is 2.38. The van der Waals surface area contributed by atoms with Gasteiger partial charge in [0.15, 0.2) is 18.1 Å². The first-order valence-corrected chi connectivity index (χ1v) is 10.8. The minimum atomic E-state index is -0.629. The number of likely N-dealkylation sites (N-methyl/N-ethyl adjacent to an activating group) is 1. The van der Waals surface area contributed by atoms with Crippen molar-refractivity contribution < 1.29 is 23.8 Å². The number of nitrogens with one attached hydrogen (secondary N) is 1. The number of piperazine rings is 1. The minimum absolute atomic E-state index is 0.190. The van der Waals surface area contributed by atoms with Crippen molar-refractivity contribution >= 4 is 11.8 Å². The van der Waals surface area contributed by atoms with E-state index in [2.05, 4.69) is 22.2 Å². The molecule has 2 aromatic carbocycles. The molecular formula is C24H32N4O5. The molecule has 1 aliphatic heterocycles. The number of hydrogen-bond acceptors (Lipinski definition) is 7. The first kappa shape index (κ1) is 24.3. The molecule has 9 nitrogen and oxygen atoms in total. The molecule has 0 bridgehead atoms. The summed E-state index contributed by atoms with van der Waals surface area (Å²) in [6.45, 7) is 4.26. The van der Waals surface area contributed by atoms with E-state index in [-0.39, 0.29) is 35.8 Å². The lowest BCUT2D eigenvalue weighted by Crippen LogP contribution is -2.47. The highest BCUT2D eigenvalue weighted by atomic mass is 16.5. The predicted octanol–water partition coefficient (Wildman–Crippen LogP) is 1.29. The van der Waals surface area contributed by atoms with Crippen LogP contribution in [-0.2, 0) is 4.79 Å². The van der Waals surface area contributed by atoms with E-state index in [1.165, 1.54) is 14.2 Å². The lowest BCUT2D eigenvalue weighted by molar-refractivity contribution is -0.120. The van der Waals surface area contributed by atoms with Gasteiger partial charge in [0.25, 0.3) is 11.8 Å². The van der Waals surface area contributed by atoms with Gasteiger partial charge in [-0.15, -0.1) is 0 Å². The fourth-order valence-electron chi connectivity index (χ4n) is 3.75. The predicted molar refractivity (Wildman–Crippen MR) is 125 cm³/mol. The summed E-state index contributed by atoms with van der Waals surface area (Å²) < 4.78 is 16.2. The smallest absolute Gasteiger partial charge is 0.255 e. The SMILES string of the molecule is COc1cc(C(=O)NC(CN2CCN(C)CC2)c2ccccc2)cc(OC)c1OCC(N)=O. The largest absolute Gasteiger partial charge is 0.493 e. The Bertz CT molecular complexity index is 920. The normalized spacial score (nSPS) is 15.5. The molecule has 0 aromatic heterocycles. The van der Waals surface area contributed by atoms with Gasteiger partial charge in [-0.1, -0.05) is 30.3 Å². The van der Waals surface area contributed by atoms with Gasteiger partial charge >= 0.3 is 0 Å². The highest BCUT2D eigenvalue weighted by Gasteiger charge is 2.24. The fraction of sp³-hybridized carbons (Fsp3) is 0.417. The Balaban J connectivity index is 1.82. The second-order valence-electron chi connectivity index (χ2n) is 8.01. The van der Waals surface area contributed by atoms with Gasteiger partial charge < -0.3 is 30.2 Å². The molecule has 178 valence electrons. The average Bonchev–Trinajstić information content (AvgIpc) is 2.83. The third-order valence-electron chi connectivity index (χ3n) is 5.63. The Morgan fingerprint density at radius 3 is 2.18 bits per heavy atom. The summed E-state index contributed by atoms with van der Waals surface area (Å²) in [5.41, 5.74) is 6.57. The van der Waals surface area contributed by atoms with Crippen LogP contribution in [0.15, 0.2) is 42.5 Å². The summed E-state index contributed by atoms with van der Waals surface area (Å²) in [6.07, 6.45) is 0. The van der Waals surface area contributed by atoms with E-state index in [1.807, 2.05) is 30.3 Å². The summed E-state index contributed by atoms with van der Waals surface area (Å²) >= 11 is 0. The molecular weight excluding hydrogens is 424 g/mol. The van der Waals surface area contributed by atoms with Crippen LogP contribution in [0.4, 0.5) is 0 Å². The number of amides is 2. The second kappa shape index (κ2) is 11.5. The Morgan fingerprint density at radius 1 is 1.03 bits per heavy atom. The van der Waals surface area contributed by atoms with Crippen molar-refractivity contribution in [2.75, 3.05) is 60.6 Å². The molecule has 1 heterocycles. The zero-order chi connectivity index (χ0) is 23.8. The maximum Gasteiger partial charge on any atom is 0.255 e. The number of benzene rings is 2. The third kappa shape index (κ3) is 6.59. The number of ether oxygens (including phenoxy) is 3. The molecule has 1 aliphatic rings. The van der Waals surface area contributed by atoms with Crippen LogP contribution in [0.5, 0.6) is 17.2 Å². The topological polar surface area (TPSA) is 106 Å². The van der Waals surface area contributed by atoms with Gasteiger partial charge in [0.1, 0.15) is 0 Å². The van der Waals surface area contributed by atoms with Crippen LogP contribution < -0.4 is 25.3 Å². The van der Waals surface area contributed by atoms with E-state index in [9.17, 15) is 9.59 Å². The van der Waals surface area contributed by atoms with E-state index in [0.717, 1.165) is 31.7 Å². The van der Waals surface area contributed by atoms with Gasteiger partial charge in [-0.05, 0) is 24.7 Å². The van der Waals surface area contributed by atoms with Crippen molar-refractivity contribution in [3.05, 3.63) is 53.6 Å². The Morgan fingerprint density at radius 2 is 1.64 bits per heavy atom. The summed E-state index contributed by atoms with van der Waals surface area (Å²) in [7, 11) is 5.02. The maximum absolute atomic E-state index is 13.3. The van der Waals surface area contributed by atoms with Crippen molar-refractivity contribution in [1.82, 2.24) is 15.1 Å². The molecule has 1 fully saturated rings. The van der Waals surface area contributed by atoms with Crippen LogP contribution in [0.1, 0.15) is 22.0 Å². The maximum atomic E-state index is 13.3. The van der Waals surface area contributed by atoms with Crippen LogP contribution in [0.3, 0.4) is 0 Å². The quantitative estimate of drug-likeness (QED) is 0.555. The van der Waals surface area contributed by atoms with E-state index in [4.69, 9.17) is 19.9 Å². The fourth-order valence-corrected chi connectivity index (χ4v) is 3.75. The Hall–Kier alpha value is -3.30. The molecule has 0 radical (unpaired) electrons.